The van der Waals surface area contributed by atoms with Crippen LogP contribution in [0.25, 0.3) is 0 Å². The highest BCUT2D eigenvalue weighted by molar-refractivity contribution is 5.30. The van der Waals surface area contributed by atoms with Crippen LogP contribution in [0.2, 0.25) is 0 Å². The first-order valence-corrected chi connectivity index (χ1v) is 7.32. The van der Waals surface area contributed by atoms with E-state index in [9.17, 15) is 0 Å². The van der Waals surface area contributed by atoms with Crippen molar-refractivity contribution in [1.29, 1.82) is 0 Å². The lowest BCUT2D eigenvalue weighted by Crippen LogP contribution is -2.31. The molecule has 2 unspecified atom stereocenters. The summed E-state index contributed by atoms with van der Waals surface area (Å²) in [6.45, 7) is 4.16. The van der Waals surface area contributed by atoms with Crippen molar-refractivity contribution in [2.45, 2.75) is 39.0 Å². The molecule has 3 heteroatoms. The monoisotopic (exact) mass is 285 g/mol. The molecule has 21 heavy (non-hydrogen) atoms. The fraction of sp³-hybridized carbons (Fsp3) is 0.333. The largest absolute Gasteiger partial charge is 0.484 e. The molecule has 2 atom stereocenters. The van der Waals surface area contributed by atoms with Gasteiger partial charge < -0.3 is 15.6 Å². The number of aliphatic hydroxyl groups is 1. The maximum Gasteiger partial charge on any atom is 0.139 e. The average Bonchev–Trinajstić information content (AvgIpc) is 2.52. The Kier molecular flexibility index (Phi) is 5.37. The van der Waals surface area contributed by atoms with Gasteiger partial charge in [-0.2, -0.15) is 0 Å². The highest BCUT2D eigenvalue weighted by Gasteiger charge is 2.20. The van der Waals surface area contributed by atoms with E-state index in [1.165, 1.54) is 5.56 Å². The van der Waals surface area contributed by atoms with Crippen molar-refractivity contribution in [3.8, 4) is 5.75 Å². The molecule has 0 amide bonds. The van der Waals surface area contributed by atoms with Gasteiger partial charge in [0.05, 0.1) is 6.61 Å². The Morgan fingerprint density at radius 2 is 1.86 bits per heavy atom. The van der Waals surface area contributed by atoms with Crippen LogP contribution >= 0.6 is 0 Å². The molecule has 3 nitrogen and oxygen atoms in total. The SMILES string of the molecule is CCC(N)C(Oc1ccc(CO)cc1)c1cccc(C)c1. The Morgan fingerprint density at radius 3 is 2.43 bits per heavy atom. The molecule has 0 bridgehead atoms. The van der Waals surface area contributed by atoms with Gasteiger partial charge in [-0.3, -0.25) is 0 Å². The maximum atomic E-state index is 9.08. The van der Waals surface area contributed by atoms with Crippen LogP contribution in [0.3, 0.4) is 0 Å². The molecule has 0 aliphatic heterocycles. The van der Waals surface area contributed by atoms with Gasteiger partial charge in [0.25, 0.3) is 0 Å². The van der Waals surface area contributed by atoms with Gasteiger partial charge in [-0.05, 0) is 36.6 Å². The summed E-state index contributed by atoms with van der Waals surface area (Å²) in [5.74, 6) is 0.766. The minimum atomic E-state index is -0.171. The lowest BCUT2D eigenvalue weighted by Gasteiger charge is -2.25. The lowest BCUT2D eigenvalue weighted by atomic mass is 9.99. The van der Waals surface area contributed by atoms with Gasteiger partial charge >= 0.3 is 0 Å². The van der Waals surface area contributed by atoms with E-state index in [4.69, 9.17) is 15.6 Å². The van der Waals surface area contributed by atoms with E-state index in [1.807, 2.05) is 30.3 Å². The molecular weight excluding hydrogens is 262 g/mol. The van der Waals surface area contributed by atoms with Gasteiger partial charge in [-0.15, -0.1) is 0 Å². The number of rotatable bonds is 6. The molecule has 0 aliphatic rings. The summed E-state index contributed by atoms with van der Waals surface area (Å²) in [6, 6.07) is 15.7. The minimum Gasteiger partial charge on any atom is -0.484 e. The van der Waals surface area contributed by atoms with Crippen molar-refractivity contribution < 1.29 is 9.84 Å². The first-order valence-electron chi connectivity index (χ1n) is 7.32. The first kappa shape index (κ1) is 15.5. The summed E-state index contributed by atoms with van der Waals surface area (Å²) in [6.07, 6.45) is 0.669. The molecule has 0 saturated heterocycles. The summed E-state index contributed by atoms with van der Waals surface area (Å²) < 4.78 is 6.10. The molecule has 0 saturated carbocycles. The average molecular weight is 285 g/mol. The first-order chi connectivity index (χ1) is 10.1. The summed E-state index contributed by atoms with van der Waals surface area (Å²) in [5, 5.41) is 9.08. The summed E-state index contributed by atoms with van der Waals surface area (Å²) >= 11 is 0. The van der Waals surface area contributed by atoms with Crippen molar-refractivity contribution in [2.75, 3.05) is 0 Å². The molecule has 0 aromatic heterocycles. The Bertz CT molecular complexity index is 566. The van der Waals surface area contributed by atoms with Crippen LogP contribution in [0.4, 0.5) is 0 Å². The molecule has 0 fully saturated rings. The number of hydrogen-bond donors (Lipinski definition) is 2. The Morgan fingerprint density at radius 1 is 1.14 bits per heavy atom. The van der Waals surface area contributed by atoms with E-state index >= 15 is 0 Å². The van der Waals surface area contributed by atoms with Crippen LogP contribution in [0, 0.1) is 6.92 Å². The normalized spacial score (nSPS) is 13.7. The van der Waals surface area contributed by atoms with Gasteiger partial charge in [-0.1, -0.05) is 48.9 Å². The predicted octanol–water partition coefficient (Wildman–Crippen LogP) is 3.34. The molecule has 3 N–H and O–H groups in total. The van der Waals surface area contributed by atoms with Crippen molar-refractivity contribution in [3.05, 3.63) is 65.2 Å². The second-order valence-electron chi connectivity index (χ2n) is 5.33. The van der Waals surface area contributed by atoms with E-state index in [-0.39, 0.29) is 18.8 Å². The molecule has 0 radical (unpaired) electrons. The Labute approximate surface area is 126 Å². The zero-order valence-electron chi connectivity index (χ0n) is 12.6. The van der Waals surface area contributed by atoms with E-state index in [0.29, 0.717) is 0 Å². The smallest absolute Gasteiger partial charge is 0.139 e. The zero-order valence-corrected chi connectivity index (χ0v) is 12.6. The molecular formula is C18H23NO2. The predicted molar refractivity (Wildman–Crippen MR) is 85.2 cm³/mol. The number of aryl methyl sites for hydroxylation is 1. The third-order valence-corrected chi connectivity index (χ3v) is 3.60. The Balaban J connectivity index is 2.23. The maximum absolute atomic E-state index is 9.08. The van der Waals surface area contributed by atoms with Gasteiger partial charge in [0.1, 0.15) is 11.9 Å². The van der Waals surface area contributed by atoms with Gasteiger partial charge in [0.2, 0.25) is 0 Å². The third kappa shape index (κ3) is 4.06. The molecule has 112 valence electrons. The summed E-state index contributed by atoms with van der Waals surface area (Å²) in [7, 11) is 0. The van der Waals surface area contributed by atoms with Gasteiger partial charge in [0.15, 0.2) is 0 Å². The van der Waals surface area contributed by atoms with Crippen LogP contribution in [0.5, 0.6) is 5.75 Å². The molecule has 0 heterocycles. The van der Waals surface area contributed by atoms with E-state index in [1.54, 1.807) is 0 Å². The van der Waals surface area contributed by atoms with Crippen molar-refractivity contribution in [3.63, 3.8) is 0 Å². The van der Waals surface area contributed by atoms with Gasteiger partial charge in [0, 0.05) is 6.04 Å². The van der Waals surface area contributed by atoms with Crippen molar-refractivity contribution >= 4 is 0 Å². The number of aliphatic hydroxyl groups excluding tert-OH is 1. The number of ether oxygens (including phenoxy) is 1. The molecule has 2 aromatic carbocycles. The topological polar surface area (TPSA) is 55.5 Å². The van der Waals surface area contributed by atoms with E-state index in [0.717, 1.165) is 23.3 Å². The second kappa shape index (κ2) is 7.25. The second-order valence-corrected chi connectivity index (χ2v) is 5.33. The molecule has 0 spiro atoms. The summed E-state index contributed by atoms with van der Waals surface area (Å²) in [4.78, 5) is 0. The zero-order chi connectivity index (χ0) is 15.2. The quantitative estimate of drug-likeness (QED) is 0.856. The van der Waals surface area contributed by atoms with Gasteiger partial charge in [-0.25, -0.2) is 0 Å². The molecule has 0 aliphatic carbocycles. The fourth-order valence-electron chi connectivity index (χ4n) is 2.28. The number of hydrogen-bond acceptors (Lipinski definition) is 3. The number of nitrogens with two attached hydrogens (primary N) is 1. The number of benzene rings is 2. The standard InChI is InChI=1S/C18H23NO2/c1-3-17(19)18(15-6-4-5-13(2)11-15)21-16-9-7-14(12-20)8-10-16/h4-11,17-18,20H,3,12,19H2,1-2H3. The Hall–Kier alpha value is -1.84. The minimum absolute atomic E-state index is 0.0378. The summed E-state index contributed by atoms with van der Waals surface area (Å²) in [5.41, 5.74) is 9.40. The molecule has 2 rings (SSSR count). The fourth-order valence-corrected chi connectivity index (χ4v) is 2.28. The van der Waals surface area contributed by atoms with E-state index < -0.39 is 0 Å². The third-order valence-electron chi connectivity index (χ3n) is 3.60. The van der Waals surface area contributed by atoms with E-state index in [2.05, 4.69) is 32.0 Å². The van der Waals surface area contributed by atoms with Crippen molar-refractivity contribution in [1.82, 2.24) is 0 Å². The lowest BCUT2D eigenvalue weighted by molar-refractivity contribution is 0.171. The molecule has 2 aromatic rings. The van der Waals surface area contributed by atoms with Crippen LogP contribution in [0.1, 0.15) is 36.1 Å². The van der Waals surface area contributed by atoms with Crippen LogP contribution < -0.4 is 10.5 Å². The van der Waals surface area contributed by atoms with Crippen molar-refractivity contribution in [2.24, 2.45) is 5.73 Å². The van der Waals surface area contributed by atoms with Crippen LogP contribution in [-0.2, 0) is 6.61 Å². The highest BCUT2D eigenvalue weighted by Crippen LogP contribution is 2.26. The highest BCUT2D eigenvalue weighted by atomic mass is 16.5. The van der Waals surface area contributed by atoms with Crippen LogP contribution in [0.15, 0.2) is 48.5 Å². The van der Waals surface area contributed by atoms with Crippen LogP contribution in [-0.4, -0.2) is 11.1 Å².